The van der Waals surface area contributed by atoms with Gasteiger partial charge in [-0.05, 0) is 25.0 Å². The number of benzene rings is 1. The summed E-state index contributed by atoms with van der Waals surface area (Å²) in [6.07, 6.45) is 5.09. The van der Waals surface area contributed by atoms with E-state index in [0.717, 1.165) is 24.3 Å². The molecular weight excluding hydrogens is 222 g/mol. The van der Waals surface area contributed by atoms with Gasteiger partial charge in [0.2, 0.25) is 0 Å². The Kier molecular flexibility index (Phi) is 4.08. The molecule has 2 rings (SSSR count). The monoisotopic (exact) mass is 239 g/mol. The topological polar surface area (TPSA) is 23.5 Å². The van der Waals surface area contributed by atoms with Crippen molar-refractivity contribution >= 4 is 17.3 Å². The molecule has 0 amide bonds. The van der Waals surface area contributed by atoms with Crippen molar-refractivity contribution in [1.29, 1.82) is 0 Å². The second kappa shape index (κ2) is 5.55. The molecule has 0 aromatic heterocycles. The number of hydrogen-bond acceptors (Lipinski definition) is 2. The van der Waals surface area contributed by atoms with Crippen LogP contribution in [-0.2, 0) is 6.61 Å². The third-order valence-electron chi connectivity index (χ3n) is 3.20. The third kappa shape index (κ3) is 2.50. The van der Waals surface area contributed by atoms with Crippen molar-refractivity contribution in [3.8, 4) is 0 Å². The second-order valence-corrected chi connectivity index (χ2v) is 4.70. The maximum absolute atomic E-state index is 9.39. The lowest BCUT2D eigenvalue weighted by molar-refractivity contribution is 0.282. The van der Waals surface area contributed by atoms with Crippen LogP contribution in [0.2, 0.25) is 5.02 Å². The van der Waals surface area contributed by atoms with Gasteiger partial charge in [0.1, 0.15) is 0 Å². The zero-order chi connectivity index (χ0) is 11.4. The molecule has 2 nitrogen and oxygen atoms in total. The quantitative estimate of drug-likeness (QED) is 0.857. The number of nitrogens with zero attached hydrogens (tertiary/aromatic N) is 1. The van der Waals surface area contributed by atoms with Crippen molar-refractivity contribution in [2.45, 2.75) is 32.3 Å². The van der Waals surface area contributed by atoms with Gasteiger partial charge in [0.25, 0.3) is 0 Å². The van der Waals surface area contributed by atoms with E-state index >= 15 is 0 Å². The van der Waals surface area contributed by atoms with Crippen LogP contribution in [0.15, 0.2) is 18.2 Å². The number of aliphatic hydroxyl groups excluding tert-OH is 1. The van der Waals surface area contributed by atoms with E-state index in [1.165, 1.54) is 25.7 Å². The van der Waals surface area contributed by atoms with Crippen molar-refractivity contribution in [3.63, 3.8) is 0 Å². The Morgan fingerprint density at radius 3 is 2.44 bits per heavy atom. The molecule has 0 spiro atoms. The Morgan fingerprint density at radius 1 is 1.12 bits per heavy atom. The van der Waals surface area contributed by atoms with E-state index in [1.54, 1.807) is 0 Å². The van der Waals surface area contributed by atoms with E-state index < -0.39 is 0 Å². The maximum Gasteiger partial charge on any atom is 0.0716 e. The van der Waals surface area contributed by atoms with Gasteiger partial charge in [-0.25, -0.2) is 0 Å². The van der Waals surface area contributed by atoms with Gasteiger partial charge < -0.3 is 10.0 Å². The summed E-state index contributed by atoms with van der Waals surface area (Å²) in [4.78, 5) is 2.35. The first-order valence-electron chi connectivity index (χ1n) is 5.96. The highest BCUT2D eigenvalue weighted by Gasteiger charge is 2.14. The standard InChI is InChI=1S/C13H18ClNO/c14-12-6-5-7-13(11(12)10-16)15-8-3-1-2-4-9-15/h5-7,16H,1-4,8-10H2. The van der Waals surface area contributed by atoms with Crippen molar-refractivity contribution in [2.75, 3.05) is 18.0 Å². The van der Waals surface area contributed by atoms with Gasteiger partial charge in [-0.2, -0.15) is 0 Å². The first-order chi connectivity index (χ1) is 7.83. The highest BCUT2D eigenvalue weighted by atomic mass is 35.5. The van der Waals surface area contributed by atoms with E-state index in [0.29, 0.717) is 5.02 Å². The lowest BCUT2D eigenvalue weighted by Crippen LogP contribution is -2.25. The SMILES string of the molecule is OCc1c(Cl)cccc1N1CCCCCC1. The molecule has 1 fully saturated rings. The number of halogens is 1. The average molecular weight is 240 g/mol. The molecule has 0 unspecified atom stereocenters. The highest BCUT2D eigenvalue weighted by Crippen LogP contribution is 2.29. The Hall–Kier alpha value is -0.730. The predicted molar refractivity (Wildman–Crippen MR) is 68.1 cm³/mol. The summed E-state index contributed by atoms with van der Waals surface area (Å²) in [6.45, 7) is 2.17. The number of aliphatic hydroxyl groups is 1. The van der Waals surface area contributed by atoms with Gasteiger partial charge in [-0.1, -0.05) is 30.5 Å². The zero-order valence-corrected chi connectivity index (χ0v) is 10.2. The smallest absolute Gasteiger partial charge is 0.0716 e. The van der Waals surface area contributed by atoms with Gasteiger partial charge >= 0.3 is 0 Å². The van der Waals surface area contributed by atoms with E-state index in [4.69, 9.17) is 11.6 Å². The van der Waals surface area contributed by atoms with Gasteiger partial charge in [0, 0.05) is 29.4 Å². The van der Waals surface area contributed by atoms with Crippen LogP contribution in [0.3, 0.4) is 0 Å². The molecule has 1 heterocycles. The van der Waals surface area contributed by atoms with Crippen molar-refractivity contribution in [1.82, 2.24) is 0 Å². The molecule has 0 radical (unpaired) electrons. The van der Waals surface area contributed by atoms with Crippen LogP contribution in [0.5, 0.6) is 0 Å². The highest BCUT2D eigenvalue weighted by molar-refractivity contribution is 6.31. The van der Waals surface area contributed by atoms with Crippen LogP contribution in [0.25, 0.3) is 0 Å². The van der Waals surface area contributed by atoms with Crippen molar-refractivity contribution in [2.24, 2.45) is 0 Å². The summed E-state index contributed by atoms with van der Waals surface area (Å²) in [6, 6.07) is 5.86. The van der Waals surface area contributed by atoms with Crippen LogP contribution in [-0.4, -0.2) is 18.2 Å². The Labute approximate surface area is 102 Å². The fraction of sp³-hybridized carbons (Fsp3) is 0.538. The summed E-state index contributed by atoms with van der Waals surface area (Å²) in [5.74, 6) is 0. The van der Waals surface area contributed by atoms with Gasteiger partial charge in [-0.3, -0.25) is 0 Å². The fourth-order valence-electron chi connectivity index (χ4n) is 2.31. The Balaban J connectivity index is 2.27. The van der Waals surface area contributed by atoms with Crippen LogP contribution < -0.4 is 4.90 Å². The van der Waals surface area contributed by atoms with Crippen LogP contribution >= 0.6 is 11.6 Å². The van der Waals surface area contributed by atoms with E-state index in [1.807, 2.05) is 12.1 Å². The second-order valence-electron chi connectivity index (χ2n) is 4.30. The lowest BCUT2D eigenvalue weighted by Gasteiger charge is -2.25. The normalized spacial score (nSPS) is 17.2. The number of hydrogen-bond donors (Lipinski definition) is 1. The summed E-state index contributed by atoms with van der Waals surface area (Å²) < 4.78 is 0. The summed E-state index contributed by atoms with van der Waals surface area (Å²) in [5, 5.41) is 10.1. The van der Waals surface area contributed by atoms with Gasteiger partial charge in [-0.15, -0.1) is 0 Å². The lowest BCUT2D eigenvalue weighted by atomic mass is 10.1. The third-order valence-corrected chi connectivity index (χ3v) is 3.55. The molecule has 1 saturated heterocycles. The minimum absolute atomic E-state index is 0.0194. The van der Waals surface area contributed by atoms with Gasteiger partial charge in [0.15, 0.2) is 0 Å². The molecule has 0 aliphatic carbocycles. The molecule has 16 heavy (non-hydrogen) atoms. The predicted octanol–water partition coefficient (Wildman–Crippen LogP) is 3.21. The summed E-state index contributed by atoms with van der Waals surface area (Å²) in [7, 11) is 0. The van der Waals surface area contributed by atoms with Crippen molar-refractivity contribution < 1.29 is 5.11 Å². The van der Waals surface area contributed by atoms with Crippen LogP contribution in [0.1, 0.15) is 31.2 Å². The molecule has 1 aliphatic heterocycles. The molecule has 3 heteroatoms. The molecule has 0 saturated carbocycles. The minimum Gasteiger partial charge on any atom is -0.392 e. The number of anilines is 1. The number of rotatable bonds is 2. The first kappa shape index (κ1) is 11.7. The molecule has 88 valence electrons. The van der Waals surface area contributed by atoms with Crippen LogP contribution in [0.4, 0.5) is 5.69 Å². The van der Waals surface area contributed by atoms with Gasteiger partial charge in [0.05, 0.1) is 6.61 Å². The molecule has 1 aromatic rings. The van der Waals surface area contributed by atoms with Crippen molar-refractivity contribution in [3.05, 3.63) is 28.8 Å². The average Bonchev–Trinajstić information content (AvgIpc) is 2.57. The van der Waals surface area contributed by atoms with E-state index in [2.05, 4.69) is 11.0 Å². The largest absolute Gasteiger partial charge is 0.392 e. The minimum atomic E-state index is 0.0194. The Bertz CT molecular complexity index is 346. The molecular formula is C13H18ClNO. The fourth-order valence-corrected chi connectivity index (χ4v) is 2.54. The molecule has 0 atom stereocenters. The molecule has 0 bridgehead atoms. The van der Waals surface area contributed by atoms with Crippen LogP contribution in [0, 0.1) is 0 Å². The summed E-state index contributed by atoms with van der Waals surface area (Å²) in [5.41, 5.74) is 1.97. The Morgan fingerprint density at radius 2 is 1.81 bits per heavy atom. The van der Waals surface area contributed by atoms with E-state index in [9.17, 15) is 5.11 Å². The first-order valence-corrected chi connectivity index (χ1v) is 6.34. The summed E-state index contributed by atoms with van der Waals surface area (Å²) >= 11 is 6.10. The molecule has 1 N–H and O–H groups in total. The molecule has 1 aromatic carbocycles. The maximum atomic E-state index is 9.39. The molecule has 1 aliphatic rings. The zero-order valence-electron chi connectivity index (χ0n) is 9.45. The van der Waals surface area contributed by atoms with E-state index in [-0.39, 0.29) is 6.61 Å².